The molecule has 3 aromatic rings. The number of amides is 1. The average molecular weight is 398 g/mol. The normalized spacial score (nSPS) is 14.5. The standard InChI is InChI=1S/C20H22N4O3S/c1-23(2)28(26,27)16-7-5-6-15(12-16)21-19(25)13-24-18-9-4-3-8-17(18)22-20(24)14-10-11-14/h3-9,12,14H,10-11,13H2,1-2H3,(H,21,25). The molecule has 0 aliphatic heterocycles. The molecule has 4 rings (SSSR count). The largest absolute Gasteiger partial charge is 0.324 e. The Kier molecular flexibility index (Phi) is 4.68. The number of carbonyl (C=O) groups is 1. The van der Waals surface area contributed by atoms with E-state index in [2.05, 4.69) is 5.32 Å². The number of para-hydroxylation sites is 2. The topological polar surface area (TPSA) is 84.3 Å². The number of fused-ring (bicyclic) bond motifs is 1. The lowest BCUT2D eigenvalue weighted by atomic mass is 10.3. The van der Waals surface area contributed by atoms with Gasteiger partial charge in [-0.2, -0.15) is 0 Å². The minimum atomic E-state index is -3.56. The maximum absolute atomic E-state index is 12.7. The Labute approximate surface area is 164 Å². The molecule has 146 valence electrons. The molecule has 1 N–H and O–H groups in total. The summed E-state index contributed by atoms with van der Waals surface area (Å²) in [5.41, 5.74) is 2.27. The first-order chi connectivity index (χ1) is 13.4. The number of carbonyl (C=O) groups excluding carboxylic acids is 1. The fourth-order valence-corrected chi connectivity index (χ4v) is 4.15. The van der Waals surface area contributed by atoms with Crippen LogP contribution in [0.25, 0.3) is 11.0 Å². The molecule has 0 spiro atoms. The summed E-state index contributed by atoms with van der Waals surface area (Å²) in [6.07, 6.45) is 2.19. The number of imidazole rings is 1. The van der Waals surface area contributed by atoms with Crippen molar-refractivity contribution in [3.63, 3.8) is 0 Å². The minimum Gasteiger partial charge on any atom is -0.324 e. The van der Waals surface area contributed by atoms with Crippen LogP contribution in [-0.2, 0) is 21.4 Å². The first kappa shape index (κ1) is 18.6. The predicted molar refractivity (Wildman–Crippen MR) is 108 cm³/mol. The van der Waals surface area contributed by atoms with Gasteiger partial charge in [0.15, 0.2) is 0 Å². The van der Waals surface area contributed by atoms with E-state index in [1.54, 1.807) is 12.1 Å². The number of nitrogens with zero attached hydrogens (tertiary/aromatic N) is 3. The molecule has 0 unspecified atom stereocenters. The van der Waals surface area contributed by atoms with Crippen molar-refractivity contribution >= 4 is 32.7 Å². The van der Waals surface area contributed by atoms with Crippen molar-refractivity contribution in [2.24, 2.45) is 0 Å². The molecule has 28 heavy (non-hydrogen) atoms. The van der Waals surface area contributed by atoms with Crippen molar-refractivity contribution < 1.29 is 13.2 Å². The Bertz CT molecular complexity index is 1150. The van der Waals surface area contributed by atoms with Crippen LogP contribution in [0.15, 0.2) is 53.4 Å². The van der Waals surface area contributed by atoms with E-state index in [1.165, 1.54) is 26.2 Å². The van der Waals surface area contributed by atoms with Gasteiger partial charge in [0.25, 0.3) is 0 Å². The molecule has 8 heteroatoms. The fraction of sp³-hybridized carbons (Fsp3) is 0.300. The van der Waals surface area contributed by atoms with Crippen LogP contribution in [0.5, 0.6) is 0 Å². The summed E-state index contributed by atoms with van der Waals surface area (Å²) in [4.78, 5) is 17.5. The molecule has 1 amide bonds. The van der Waals surface area contributed by atoms with E-state index < -0.39 is 10.0 Å². The zero-order chi connectivity index (χ0) is 19.9. The zero-order valence-electron chi connectivity index (χ0n) is 15.8. The third-order valence-electron chi connectivity index (χ3n) is 4.82. The quantitative estimate of drug-likeness (QED) is 0.692. The molecule has 7 nitrogen and oxygen atoms in total. The van der Waals surface area contributed by atoms with Gasteiger partial charge in [-0.15, -0.1) is 0 Å². The highest BCUT2D eigenvalue weighted by Crippen LogP contribution is 2.40. The molecule has 1 saturated carbocycles. The number of hydrogen-bond donors (Lipinski definition) is 1. The Balaban J connectivity index is 1.58. The second-order valence-electron chi connectivity index (χ2n) is 7.18. The molecule has 1 aliphatic carbocycles. The summed E-state index contributed by atoms with van der Waals surface area (Å²) in [5, 5.41) is 2.81. The van der Waals surface area contributed by atoms with Crippen molar-refractivity contribution in [1.82, 2.24) is 13.9 Å². The van der Waals surface area contributed by atoms with Gasteiger partial charge in [-0.3, -0.25) is 4.79 Å². The third kappa shape index (κ3) is 3.53. The third-order valence-corrected chi connectivity index (χ3v) is 6.64. The van der Waals surface area contributed by atoms with E-state index in [1.807, 2.05) is 28.8 Å². The van der Waals surface area contributed by atoms with Crippen molar-refractivity contribution in [1.29, 1.82) is 0 Å². The maximum Gasteiger partial charge on any atom is 0.244 e. The van der Waals surface area contributed by atoms with E-state index in [0.717, 1.165) is 34.0 Å². The van der Waals surface area contributed by atoms with E-state index in [4.69, 9.17) is 4.98 Å². The smallest absolute Gasteiger partial charge is 0.244 e. The Morgan fingerprint density at radius 3 is 2.64 bits per heavy atom. The summed E-state index contributed by atoms with van der Waals surface area (Å²) < 4.78 is 27.7. The van der Waals surface area contributed by atoms with Gasteiger partial charge >= 0.3 is 0 Å². The Morgan fingerprint density at radius 1 is 1.18 bits per heavy atom. The van der Waals surface area contributed by atoms with E-state index in [-0.39, 0.29) is 17.3 Å². The number of anilines is 1. The zero-order valence-corrected chi connectivity index (χ0v) is 16.6. The van der Waals surface area contributed by atoms with Gasteiger partial charge in [0.05, 0.1) is 15.9 Å². The molecule has 1 heterocycles. The monoisotopic (exact) mass is 398 g/mol. The first-order valence-electron chi connectivity index (χ1n) is 9.14. The number of sulfonamides is 1. The fourth-order valence-electron chi connectivity index (χ4n) is 3.20. The summed E-state index contributed by atoms with van der Waals surface area (Å²) in [7, 11) is -0.604. The van der Waals surface area contributed by atoms with E-state index >= 15 is 0 Å². The molecular formula is C20H22N4O3S. The van der Waals surface area contributed by atoms with Crippen LogP contribution in [0.4, 0.5) is 5.69 Å². The first-order valence-corrected chi connectivity index (χ1v) is 10.6. The van der Waals surface area contributed by atoms with Crippen molar-refractivity contribution in [2.75, 3.05) is 19.4 Å². The van der Waals surface area contributed by atoms with Crippen LogP contribution in [0, 0.1) is 0 Å². The summed E-state index contributed by atoms with van der Waals surface area (Å²) >= 11 is 0. The number of rotatable bonds is 6. The van der Waals surface area contributed by atoms with E-state index in [0.29, 0.717) is 11.6 Å². The van der Waals surface area contributed by atoms with Crippen LogP contribution < -0.4 is 5.32 Å². The van der Waals surface area contributed by atoms with Gasteiger partial charge in [-0.05, 0) is 43.2 Å². The van der Waals surface area contributed by atoms with Gasteiger partial charge in [0, 0.05) is 25.7 Å². The highest BCUT2D eigenvalue weighted by Gasteiger charge is 2.30. The van der Waals surface area contributed by atoms with Crippen LogP contribution in [-0.4, -0.2) is 42.3 Å². The number of aromatic nitrogens is 2. The van der Waals surface area contributed by atoms with Gasteiger partial charge < -0.3 is 9.88 Å². The highest BCUT2D eigenvalue weighted by molar-refractivity contribution is 7.89. The molecule has 1 aliphatic rings. The molecule has 2 aromatic carbocycles. The summed E-state index contributed by atoms with van der Waals surface area (Å²) in [5.74, 6) is 1.14. The van der Waals surface area contributed by atoms with Crippen LogP contribution >= 0.6 is 0 Å². The van der Waals surface area contributed by atoms with Gasteiger partial charge in [-0.1, -0.05) is 18.2 Å². The molecule has 0 saturated heterocycles. The lowest BCUT2D eigenvalue weighted by Gasteiger charge is -2.13. The van der Waals surface area contributed by atoms with E-state index in [9.17, 15) is 13.2 Å². The van der Waals surface area contributed by atoms with Gasteiger partial charge in [0.2, 0.25) is 15.9 Å². The second-order valence-corrected chi connectivity index (χ2v) is 9.33. The molecule has 0 bridgehead atoms. The highest BCUT2D eigenvalue weighted by atomic mass is 32.2. The summed E-state index contributed by atoms with van der Waals surface area (Å²) in [6, 6.07) is 14.1. The van der Waals surface area contributed by atoms with Crippen LogP contribution in [0.1, 0.15) is 24.6 Å². The second kappa shape index (κ2) is 7.03. The lowest BCUT2D eigenvalue weighted by molar-refractivity contribution is -0.116. The van der Waals surface area contributed by atoms with Crippen molar-refractivity contribution in [3.05, 3.63) is 54.4 Å². The van der Waals surface area contributed by atoms with Crippen LogP contribution in [0.3, 0.4) is 0 Å². The molecular weight excluding hydrogens is 376 g/mol. The number of nitrogens with one attached hydrogen (secondary N) is 1. The minimum absolute atomic E-state index is 0.136. The van der Waals surface area contributed by atoms with Gasteiger partial charge in [-0.25, -0.2) is 17.7 Å². The van der Waals surface area contributed by atoms with Crippen molar-refractivity contribution in [2.45, 2.75) is 30.2 Å². The average Bonchev–Trinajstić information content (AvgIpc) is 3.45. The van der Waals surface area contributed by atoms with Crippen LogP contribution in [0.2, 0.25) is 0 Å². The predicted octanol–water partition coefficient (Wildman–Crippen LogP) is 2.80. The molecule has 1 aromatic heterocycles. The number of hydrogen-bond acceptors (Lipinski definition) is 4. The Hall–Kier alpha value is -2.71. The molecule has 0 atom stereocenters. The Morgan fingerprint density at radius 2 is 1.93 bits per heavy atom. The summed E-state index contributed by atoms with van der Waals surface area (Å²) in [6.45, 7) is 0.136. The SMILES string of the molecule is CN(C)S(=O)(=O)c1cccc(NC(=O)Cn2c(C3CC3)nc3ccccc32)c1. The lowest BCUT2D eigenvalue weighted by Crippen LogP contribution is -2.23. The molecule has 1 fully saturated rings. The van der Waals surface area contributed by atoms with Crippen molar-refractivity contribution in [3.8, 4) is 0 Å². The molecule has 0 radical (unpaired) electrons. The van der Waals surface area contributed by atoms with Gasteiger partial charge in [0.1, 0.15) is 12.4 Å². The number of benzene rings is 2. The maximum atomic E-state index is 12.7.